The van der Waals surface area contributed by atoms with Crippen LogP contribution in [-0.2, 0) is 0 Å². The number of aliphatic hydroxyl groups excluding tert-OH is 2. The van der Waals surface area contributed by atoms with E-state index in [0.29, 0.717) is 12.8 Å². The molecule has 0 radical (unpaired) electrons. The minimum Gasteiger partial charge on any atom is -0.393 e. The fourth-order valence-corrected chi connectivity index (χ4v) is 1.54. The summed E-state index contributed by atoms with van der Waals surface area (Å²) in [4.78, 5) is 0. The SMILES string of the molecule is C=C1/C(=C\CC)C[C@@H](O)C[C@H]1O. The summed E-state index contributed by atoms with van der Waals surface area (Å²) in [5.74, 6) is 0. The molecule has 0 aromatic carbocycles. The highest BCUT2D eigenvalue weighted by Crippen LogP contribution is 2.28. The van der Waals surface area contributed by atoms with Gasteiger partial charge in [-0.3, -0.25) is 0 Å². The number of rotatable bonds is 1. The number of allylic oxidation sites excluding steroid dienone is 1. The highest BCUT2D eigenvalue weighted by molar-refractivity contribution is 5.34. The Morgan fingerprint density at radius 2 is 2.25 bits per heavy atom. The molecule has 12 heavy (non-hydrogen) atoms. The van der Waals surface area contributed by atoms with E-state index in [1.165, 1.54) is 0 Å². The van der Waals surface area contributed by atoms with Gasteiger partial charge in [0.15, 0.2) is 0 Å². The molecule has 2 N–H and O–H groups in total. The third-order valence-corrected chi connectivity index (χ3v) is 2.22. The van der Waals surface area contributed by atoms with Gasteiger partial charge in [0.25, 0.3) is 0 Å². The second kappa shape index (κ2) is 3.87. The van der Waals surface area contributed by atoms with Gasteiger partial charge < -0.3 is 10.2 Å². The van der Waals surface area contributed by atoms with Gasteiger partial charge in [-0.25, -0.2) is 0 Å². The van der Waals surface area contributed by atoms with Crippen molar-refractivity contribution < 1.29 is 10.2 Å². The quantitative estimate of drug-likeness (QED) is 0.621. The van der Waals surface area contributed by atoms with Gasteiger partial charge in [0.05, 0.1) is 12.2 Å². The standard InChI is InChI=1S/C10H16O2/c1-3-4-8-5-9(11)6-10(12)7(8)2/h4,9-12H,2-3,5-6H2,1H3/b8-4-/t9-,10-/m1/s1. The third kappa shape index (κ3) is 1.96. The lowest BCUT2D eigenvalue weighted by atomic mass is 9.86. The number of hydrogen-bond acceptors (Lipinski definition) is 2. The molecule has 2 atom stereocenters. The van der Waals surface area contributed by atoms with Crippen molar-refractivity contribution >= 4 is 0 Å². The van der Waals surface area contributed by atoms with Crippen LogP contribution in [-0.4, -0.2) is 22.4 Å². The molecule has 1 aliphatic carbocycles. The minimum atomic E-state index is -0.549. The topological polar surface area (TPSA) is 40.5 Å². The molecule has 1 fully saturated rings. The van der Waals surface area contributed by atoms with Crippen LogP contribution in [0.2, 0.25) is 0 Å². The van der Waals surface area contributed by atoms with Gasteiger partial charge in [-0.1, -0.05) is 19.6 Å². The second-order valence-corrected chi connectivity index (χ2v) is 3.27. The van der Waals surface area contributed by atoms with Crippen molar-refractivity contribution in [3.63, 3.8) is 0 Å². The molecule has 0 aliphatic heterocycles. The highest BCUT2D eigenvalue weighted by atomic mass is 16.3. The van der Waals surface area contributed by atoms with E-state index in [4.69, 9.17) is 0 Å². The molecule has 1 aliphatic rings. The van der Waals surface area contributed by atoms with E-state index in [1.807, 2.05) is 13.0 Å². The van der Waals surface area contributed by atoms with Crippen molar-refractivity contribution in [3.05, 3.63) is 23.8 Å². The number of hydrogen-bond donors (Lipinski definition) is 2. The van der Waals surface area contributed by atoms with Crippen LogP contribution in [0.3, 0.4) is 0 Å². The molecular weight excluding hydrogens is 152 g/mol. The predicted molar refractivity (Wildman–Crippen MR) is 48.8 cm³/mol. The first-order chi connectivity index (χ1) is 5.65. The van der Waals surface area contributed by atoms with Crippen LogP contribution in [0.15, 0.2) is 23.8 Å². The Balaban J connectivity index is 2.73. The van der Waals surface area contributed by atoms with Gasteiger partial charge in [0.1, 0.15) is 0 Å². The lowest BCUT2D eigenvalue weighted by molar-refractivity contribution is 0.0861. The Labute approximate surface area is 73.2 Å². The van der Waals surface area contributed by atoms with Crippen LogP contribution in [0.5, 0.6) is 0 Å². The van der Waals surface area contributed by atoms with Gasteiger partial charge in [-0.15, -0.1) is 0 Å². The Hall–Kier alpha value is -0.600. The van der Waals surface area contributed by atoms with Crippen molar-refractivity contribution in [2.45, 2.75) is 38.4 Å². The molecule has 1 saturated carbocycles. The van der Waals surface area contributed by atoms with Crippen LogP contribution in [0.1, 0.15) is 26.2 Å². The van der Waals surface area contributed by atoms with Gasteiger partial charge in [0, 0.05) is 6.42 Å². The van der Waals surface area contributed by atoms with Crippen LogP contribution >= 0.6 is 0 Å². The normalized spacial score (nSPS) is 34.2. The molecule has 0 aromatic rings. The Morgan fingerprint density at radius 1 is 1.58 bits per heavy atom. The molecule has 0 spiro atoms. The molecule has 1 rings (SSSR count). The van der Waals surface area contributed by atoms with Crippen molar-refractivity contribution in [2.24, 2.45) is 0 Å². The lowest BCUT2D eigenvalue weighted by Crippen LogP contribution is -2.26. The summed E-state index contributed by atoms with van der Waals surface area (Å²) in [5.41, 5.74) is 1.80. The first kappa shape index (κ1) is 9.49. The van der Waals surface area contributed by atoms with E-state index in [0.717, 1.165) is 17.6 Å². The van der Waals surface area contributed by atoms with Crippen LogP contribution in [0.25, 0.3) is 0 Å². The second-order valence-electron chi connectivity index (χ2n) is 3.27. The molecule has 68 valence electrons. The Morgan fingerprint density at radius 3 is 2.83 bits per heavy atom. The molecule has 0 heterocycles. The molecule has 0 aromatic heterocycles. The van der Waals surface area contributed by atoms with E-state index < -0.39 is 12.2 Å². The van der Waals surface area contributed by atoms with E-state index in [-0.39, 0.29) is 0 Å². The first-order valence-electron chi connectivity index (χ1n) is 4.39. The van der Waals surface area contributed by atoms with Crippen LogP contribution in [0.4, 0.5) is 0 Å². The zero-order valence-electron chi connectivity index (χ0n) is 7.45. The molecule has 0 unspecified atom stereocenters. The smallest absolute Gasteiger partial charge is 0.0811 e. The van der Waals surface area contributed by atoms with Gasteiger partial charge >= 0.3 is 0 Å². The zero-order valence-corrected chi connectivity index (χ0v) is 7.45. The van der Waals surface area contributed by atoms with E-state index in [2.05, 4.69) is 6.58 Å². The summed E-state index contributed by atoms with van der Waals surface area (Å²) in [6, 6.07) is 0. The fraction of sp³-hybridized carbons (Fsp3) is 0.600. The van der Waals surface area contributed by atoms with Gasteiger partial charge in [-0.2, -0.15) is 0 Å². The Bertz CT molecular complexity index is 206. The van der Waals surface area contributed by atoms with Crippen LogP contribution in [0, 0.1) is 0 Å². The number of aliphatic hydroxyl groups is 2. The summed E-state index contributed by atoms with van der Waals surface area (Å²) < 4.78 is 0. The average Bonchev–Trinajstić information content (AvgIpc) is 2.00. The van der Waals surface area contributed by atoms with E-state index >= 15 is 0 Å². The summed E-state index contributed by atoms with van der Waals surface area (Å²) >= 11 is 0. The summed E-state index contributed by atoms with van der Waals surface area (Å²) in [7, 11) is 0. The third-order valence-electron chi connectivity index (χ3n) is 2.22. The summed E-state index contributed by atoms with van der Waals surface area (Å²) in [6.07, 6.45) is 3.07. The van der Waals surface area contributed by atoms with Crippen molar-refractivity contribution in [3.8, 4) is 0 Å². The molecule has 0 amide bonds. The zero-order chi connectivity index (χ0) is 9.14. The maximum absolute atomic E-state index is 9.44. The first-order valence-corrected chi connectivity index (χ1v) is 4.39. The lowest BCUT2D eigenvalue weighted by Gasteiger charge is -2.26. The molecule has 0 bridgehead atoms. The average molecular weight is 168 g/mol. The van der Waals surface area contributed by atoms with Crippen molar-refractivity contribution in [2.75, 3.05) is 0 Å². The molecule has 2 heteroatoms. The molecule has 0 saturated heterocycles. The van der Waals surface area contributed by atoms with E-state index in [9.17, 15) is 10.2 Å². The summed E-state index contributed by atoms with van der Waals surface area (Å²) in [5, 5.41) is 18.8. The highest BCUT2D eigenvalue weighted by Gasteiger charge is 2.24. The molecule has 2 nitrogen and oxygen atoms in total. The molecular formula is C10H16O2. The minimum absolute atomic E-state index is 0.400. The Kier molecular flexibility index (Phi) is 3.06. The maximum atomic E-state index is 9.44. The monoisotopic (exact) mass is 168 g/mol. The maximum Gasteiger partial charge on any atom is 0.0811 e. The fourth-order valence-electron chi connectivity index (χ4n) is 1.54. The van der Waals surface area contributed by atoms with Gasteiger partial charge in [0.2, 0.25) is 0 Å². The van der Waals surface area contributed by atoms with Crippen molar-refractivity contribution in [1.82, 2.24) is 0 Å². The van der Waals surface area contributed by atoms with Crippen LogP contribution < -0.4 is 0 Å². The largest absolute Gasteiger partial charge is 0.393 e. The predicted octanol–water partition coefficient (Wildman–Crippen LogP) is 1.39. The van der Waals surface area contributed by atoms with E-state index in [1.54, 1.807) is 0 Å². The summed E-state index contributed by atoms with van der Waals surface area (Å²) in [6.45, 7) is 5.84. The van der Waals surface area contributed by atoms with Crippen molar-refractivity contribution in [1.29, 1.82) is 0 Å². The van der Waals surface area contributed by atoms with Gasteiger partial charge in [-0.05, 0) is 24.0 Å².